The van der Waals surface area contributed by atoms with E-state index < -0.39 is 0 Å². The number of aromatic amines is 1. The maximum Gasteiger partial charge on any atom is 0.298 e. The van der Waals surface area contributed by atoms with E-state index in [0.717, 1.165) is 21.1 Å². The number of aromatic nitrogens is 3. The maximum atomic E-state index is 12.7. The molecule has 2 N–H and O–H groups in total. The zero-order valence-electron chi connectivity index (χ0n) is 13.2. The van der Waals surface area contributed by atoms with Crippen molar-refractivity contribution in [3.63, 3.8) is 0 Å². The second kappa shape index (κ2) is 5.86. The predicted octanol–water partition coefficient (Wildman–Crippen LogP) is 3.54. The first kappa shape index (κ1) is 15.6. The lowest BCUT2D eigenvalue weighted by Gasteiger charge is -2.01. The van der Waals surface area contributed by atoms with Crippen LogP contribution >= 0.6 is 15.9 Å². The SMILES string of the molecule is Cc1cccc2[nH]c3c(=O)n(N=Cc4cccc(Br)c4O)cnc3c12. The Labute approximate surface area is 150 Å². The van der Waals surface area contributed by atoms with Gasteiger partial charge >= 0.3 is 0 Å². The summed E-state index contributed by atoms with van der Waals surface area (Å²) >= 11 is 3.25. The van der Waals surface area contributed by atoms with Crippen molar-refractivity contribution in [2.45, 2.75) is 6.92 Å². The molecule has 0 aliphatic heterocycles. The summed E-state index contributed by atoms with van der Waals surface area (Å²) in [6.07, 6.45) is 2.80. The third-order valence-corrected chi connectivity index (χ3v) is 4.70. The molecule has 2 aromatic carbocycles. The number of aryl methyl sites for hydroxylation is 1. The van der Waals surface area contributed by atoms with E-state index in [2.05, 4.69) is 31.0 Å². The molecule has 0 unspecified atom stereocenters. The van der Waals surface area contributed by atoms with E-state index in [1.165, 1.54) is 12.5 Å². The standard InChI is InChI=1S/C18H13BrN4O2/c1-10-4-2-7-13-14(10)15-16(22-13)18(25)23(9-20-15)21-8-11-5-3-6-12(19)17(11)24/h2-9,22,24H,1H3. The Hall–Kier alpha value is -2.93. The van der Waals surface area contributed by atoms with Gasteiger partial charge in [0.05, 0.1) is 10.7 Å². The molecule has 0 saturated heterocycles. The quantitative estimate of drug-likeness (QED) is 0.508. The smallest absolute Gasteiger partial charge is 0.298 e. The number of phenolic OH excluding ortho intramolecular Hbond substituents is 1. The molecular formula is C18H13BrN4O2. The molecule has 4 aromatic rings. The summed E-state index contributed by atoms with van der Waals surface area (Å²) in [6, 6.07) is 11.0. The van der Waals surface area contributed by atoms with Crippen molar-refractivity contribution in [2.24, 2.45) is 5.10 Å². The lowest BCUT2D eigenvalue weighted by molar-refractivity contribution is 0.471. The Morgan fingerprint density at radius 1 is 1.28 bits per heavy atom. The summed E-state index contributed by atoms with van der Waals surface area (Å²) in [5.74, 6) is 0.0644. The number of H-pyrrole nitrogens is 1. The number of benzene rings is 2. The molecule has 6 nitrogen and oxygen atoms in total. The van der Waals surface area contributed by atoms with Crippen molar-refractivity contribution in [2.75, 3.05) is 0 Å². The van der Waals surface area contributed by atoms with Crippen LogP contribution in [0.15, 0.2) is 57.1 Å². The Bertz CT molecular complexity index is 1210. The van der Waals surface area contributed by atoms with Crippen LogP contribution in [0.2, 0.25) is 0 Å². The molecule has 0 atom stereocenters. The van der Waals surface area contributed by atoms with Crippen molar-refractivity contribution in [1.82, 2.24) is 14.6 Å². The first-order valence-electron chi connectivity index (χ1n) is 7.57. The van der Waals surface area contributed by atoms with Gasteiger partial charge in [0.15, 0.2) is 0 Å². The fraction of sp³-hybridized carbons (Fsp3) is 0.0556. The monoisotopic (exact) mass is 396 g/mol. The second-order valence-corrected chi connectivity index (χ2v) is 6.52. The molecule has 25 heavy (non-hydrogen) atoms. The van der Waals surface area contributed by atoms with E-state index in [4.69, 9.17) is 0 Å². The van der Waals surface area contributed by atoms with Gasteiger partial charge in [0.2, 0.25) is 0 Å². The molecule has 0 saturated carbocycles. The minimum atomic E-state index is -0.300. The van der Waals surface area contributed by atoms with E-state index in [-0.39, 0.29) is 11.3 Å². The van der Waals surface area contributed by atoms with E-state index in [0.29, 0.717) is 21.1 Å². The zero-order chi connectivity index (χ0) is 17.6. The zero-order valence-corrected chi connectivity index (χ0v) is 14.8. The molecule has 2 aromatic heterocycles. The molecule has 0 radical (unpaired) electrons. The molecule has 2 heterocycles. The average Bonchev–Trinajstić information content (AvgIpc) is 2.98. The lowest BCUT2D eigenvalue weighted by Crippen LogP contribution is -2.17. The number of hydrogen-bond donors (Lipinski definition) is 2. The normalized spacial score (nSPS) is 11.8. The Kier molecular flexibility index (Phi) is 3.65. The molecule has 7 heteroatoms. The van der Waals surface area contributed by atoms with Gasteiger partial charge in [0.25, 0.3) is 5.56 Å². The second-order valence-electron chi connectivity index (χ2n) is 5.66. The highest BCUT2D eigenvalue weighted by Gasteiger charge is 2.12. The van der Waals surface area contributed by atoms with Crippen molar-refractivity contribution in [3.8, 4) is 5.75 Å². The number of rotatable bonds is 2. The summed E-state index contributed by atoms with van der Waals surface area (Å²) < 4.78 is 1.70. The van der Waals surface area contributed by atoms with Gasteiger partial charge in [-0.05, 0) is 46.6 Å². The Balaban J connectivity index is 1.86. The summed E-state index contributed by atoms with van der Waals surface area (Å²) in [4.78, 5) is 20.2. The summed E-state index contributed by atoms with van der Waals surface area (Å²) in [5, 5.41) is 15.1. The van der Waals surface area contributed by atoms with Crippen LogP contribution in [0.4, 0.5) is 0 Å². The predicted molar refractivity (Wildman–Crippen MR) is 101 cm³/mol. The van der Waals surface area contributed by atoms with Crippen LogP contribution in [0.3, 0.4) is 0 Å². The Morgan fingerprint density at radius 3 is 2.92 bits per heavy atom. The van der Waals surface area contributed by atoms with Crippen molar-refractivity contribution in [1.29, 1.82) is 0 Å². The topological polar surface area (TPSA) is 83.3 Å². The minimum Gasteiger partial charge on any atom is -0.506 e. The number of phenols is 1. The van der Waals surface area contributed by atoms with E-state index in [9.17, 15) is 9.90 Å². The first-order valence-corrected chi connectivity index (χ1v) is 8.36. The summed E-state index contributed by atoms with van der Waals surface area (Å²) in [6.45, 7) is 1.98. The van der Waals surface area contributed by atoms with E-state index >= 15 is 0 Å². The highest BCUT2D eigenvalue weighted by molar-refractivity contribution is 9.10. The maximum absolute atomic E-state index is 12.7. The number of aromatic hydroxyl groups is 1. The lowest BCUT2D eigenvalue weighted by atomic mass is 10.1. The first-order chi connectivity index (χ1) is 12.1. The van der Waals surface area contributed by atoms with Gasteiger partial charge in [-0.15, -0.1) is 0 Å². The van der Waals surface area contributed by atoms with Gasteiger partial charge in [0, 0.05) is 16.5 Å². The third kappa shape index (κ3) is 2.53. The van der Waals surface area contributed by atoms with E-state index in [1.54, 1.807) is 18.2 Å². The number of fused-ring (bicyclic) bond motifs is 3. The Morgan fingerprint density at radius 2 is 2.08 bits per heavy atom. The molecule has 0 aliphatic carbocycles. The fourth-order valence-corrected chi connectivity index (χ4v) is 3.19. The molecular weight excluding hydrogens is 384 g/mol. The number of halogens is 1. The number of hydrogen-bond acceptors (Lipinski definition) is 4. The molecule has 124 valence electrons. The third-order valence-electron chi connectivity index (χ3n) is 4.06. The molecule has 0 fully saturated rings. The minimum absolute atomic E-state index is 0.0644. The molecule has 4 rings (SSSR count). The molecule has 0 bridgehead atoms. The van der Waals surface area contributed by atoms with E-state index in [1.807, 2.05) is 25.1 Å². The van der Waals surface area contributed by atoms with Gasteiger partial charge < -0.3 is 10.1 Å². The van der Waals surface area contributed by atoms with Gasteiger partial charge in [0.1, 0.15) is 23.1 Å². The van der Waals surface area contributed by atoms with Crippen LogP contribution in [0.1, 0.15) is 11.1 Å². The molecule has 0 amide bonds. The molecule has 0 aliphatic rings. The number of para-hydroxylation sites is 1. The summed E-state index contributed by atoms with van der Waals surface area (Å²) in [5.41, 5.74) is 3.15. The van der Waals surface area contributed by atoms with Crippen LogP contribution in [-0.2, 0) is 0 Å². The fourth-order valence-electron chi connectivity index (χ4n) is 2.81. The van der Waals surface area contributed by atoms with Crippen molar-refractivity contribution < 1.29 is 5.11 Å². The van der Waals surface area contributed by atoms with Gasteiger partial charge in [-0.2, -0.15) is 9.78 Å². The number of nitrogens with one attached hydrogen (secondary N) is 1. The largest absolute Gasteiger partial charge is 0.506 e. The van der Waals surface area contributed by atoms with Crippen LogP contribution in [0, 0.1) is 6.92 Å². The average molecular weight is 397 g/mol. The highest BCUT2D eigenvalue weighted by Crippen LogP contribution is 2.26. The van der Waals surface area contributed by atoms with Crippen LogP contribution in [0.5, 0.6) is 5.75 Å². The van der Waals surface area contributed by atoms with Crippen molar-refractivity contribution >= 4 is 44.1 Å². The highest BCUT2D eigenvalue weighted by atomic mass is 79.9. The van der Waals surface area contributed by atoms with Gasteiger partial charge in [-0.3, -0.25) is 4.79 Å². The number of nitrogens with zero attached hydrogens (tertiary/aromatic N) is 3. The summed E-state index contributed by atoms with van der Waals surface area (Å²) in [7, 11) is 0. The van der Waals surface area contributed by atoms with Gasteiger partial charge in [-0.25, -0.2) is 4.98 Å². The van der Waals surface area contributed by atoms with Crippen molar-refractivity contribution in [3.05, 3.63) is 68.7 Å². The molecule has 0 spiro atoms. The van der Waals surface area contributed by atoms with Crippen LogP contribution in [-0.4, -0.2) is 26.0 Å². The van der Waals surface area contributed by atoms with Crippen LogP contribution in [0.25, 0.3) is 21.9 Å². The van der Waals surface area contributed by atoms with Gasteiger partial charge in [-0.1, -0.05) is 18.2 Å². The van der Waals surface area contributed by atoms with Crippen LogP contribution < -0.4 is 5.56 Å².